The number of rotatable bonds is 4. The maximum Gasteiger partial charge on any atom is 0.307 e. The Hall–Kier alpha value is -2.88. The Labute approximate surface area is 121 Å². The molecule has 104 valence electrons. The lowest BCUT2D eigenvalue weighted by Gasteiger charge is -2.09. The lowest BCUT2D eigenvalue weighted by Crippen LogP contribution is -2.02. The lowest BCUT2D eigenvalue weighted by atomic mass is 10.1. The van der Waals surface area contributed by atoms with Crippen LogP contribution in [0.1, 0.15) is 5.56 Å². The summed E-state index contributed by atoms with van der Waals surface area (Å²) in [5, 5.41) is 9.88. The largest absolute Gasteiger partial charge is 0.481 e. The summed E-state index contributed by atoms with van der Waals surface area (Å²) in [5.41, 5.74) is 1.42. The number of aromatic nitrogens is 1. The van der Waals surface area contributed by atoms with Crippen molar-refractivity contribution in [2.24, 2.45) is 0 Å². The molecule has 0 aliphatic heterocycles. The molecule has 0 unspecified atom stereocenters. The molecule has 4 heteroatoms. The molecule has 2 aromatic carbocycles. The first-order chi connectivity index (χ1) is 10.2. The van der Waals surface area contributed by atoms with Crippen molar-refractivity contribution in [3.05, 3.63) is 66.2 Å². The van der Waals surface area contributed by atoms with E-state index < -0.39 is 5.97 Å². The van der Waals surface area contributed by atoms with Gasteiger partial charge in [-0.2, -0.15) is 0 Å². The number of carboxylic acid groups (broad SMARTS) is 1. The molecule has 0 radical (unpaired) electrons. The SMILES string of the molecule is O=C(O)Cc1cc(Oc2ccccc2)nc2ccccc12. The summed E-state index contributed by atoms with van der Waals surface area (Å²) in [6, 6.07) is 18.4. The molecule has 3 rings (SSSR count). The molecule has 1 N–H and O–H groups in total. The number of carboxylic acids is 1. The molecule has 0 saturated carbocycles. The van der Waals surface area contributed by atoms with E-state index in [-0.39, 0.29) is 6.42 Å². The number of hydrogen-bond acceptors (Lipinski definition) is 3. The van der Waals surface area contributed by atoms with Gasteiger partial charge in [0.25, 0.3) is 0 Å². The molecule has 3 aromatic rings. The zero-order chi connectivity index (χ0) is 14.7. The molecular formula is C17H13NO3. The Kier molecular flexibility index (Phi) is 3.51. The Morgan fingerprint density at radius 3 is 2.52 bits per heavy atom. The summed E-state index contributed by atoms with van der Waals surface area (Å²) in [6.07, 6.45) is -0.0613. The summed E-state index contributed by atoms with van der Waals surface area (Å²) < 4.78 is 5.70. The van der Waals surface area contributed by atoms with Crippen LogP contribution in [0.15, 0.2) is 60.7 Å². The average Bonchev–Trinajstić information content (AvgIpc) is 2.48. The molecule has 0 amide bonds. The van der Waals surface area contributed by atoms with Gasteiger partial charge < -0.3 is 9.84 Å². The van der Waals surface area contributed by atoms with Gasteiger partial charge in [-0.05, 0) is 23.8 Å². The van der Waals surface area contributed by atoms with E-state index in [4.69, 9.17) is 9.84 Å². The van der Waals surface area contributed by atoms with Crippen LogP contribution in [0.2, 0.25) is 0 Å². The third-order valence-electron chi connectivity index (χ3n) is 3.09. The van der Waals surface area contributed by atoms with Crippen molar-refractivity contribution < 1.29 is 14.6 Å². The minimum absolute atomic E-state index is 0.0613. The highest BCUT2D eigenvalue weighted by atomic mass is 16.5. The van der Waals surface area contributed by atoms with Crippen molar-refractivity contribution in [1.29, 1.82) is 0 Å². The van der Waals surface area contributed by atoms with E-state index in [0.29, 0.717) is 17.2 Å². The summed E-state index contributed by atoms with van der Waals surface area (Å²) in [6.45, 7) is 0. The molecule has 0 aliphatic rings. The first-order valence-corrected chi connectivity index (χ1v) is 6.56. The lowest BCUT2D eigenvalue weighted by molar-refractivity contribution is -0.136. The van der Waals surface area contributed by atoms with Crippen LogP contribution in [-0.2, 0) is 11.2 Å². The first-order valence-electron chi connectivity index (χ1n) is 6.56. The van der Waals surface area contributed by atoms with E-state index in [1.54, 1.807) is 6.07 Å². The second-order valence-electron chi connectivity index (χ2n) is 4.62. The predicted octanol–water partition coefficient (Wildman–Crippen LogP) is 3.65. The summed E-state index contributed by atoms with van der Waals surface area (Å²) in [4.78, 5) is 15.4. The van der Waals surface area contributed by atoms with Crippen molar-refractivity contribution in [1.82, 2.24) is 4.98 Å². The number of fused-ring (bicyclic) bond motifs is 1. The molecule has 0 bridgehead atoms. The highest BCUT2D eigenvalue weighted by Crippen LogP contribution is 2.26. The number of aliphatic carboxylic acids is 1. The van der Waals surface area contributed by atoms with E-state index >= 15 is 0 Å². The molecule has 4 nitrogen and oxygen atoms in total. The van der Waals surface area contributed by atoms with Crippen LogP contribution in [0, 0.1) is 0 Å². The highest BCUT2D eigenvalue weighted by Gasteiger charge is 2.10. The van der Waals surface area contributed by atoms with Gasteiger partial charge in [-0.1, -0.05) is 36.4 Å². The molecule has 21 heavy (non-hydrogen) atoms. The molecule has 1 heterocycles. The number of hydrogen-bond donors (Lipinski definition) is 1. The topological polar surface area (TPSA) is 59.4 Å². The van der Waals surface area contributed by atoms with Gasteiger partial charge in [-0.15, -0.1) is 0 Å². The molecular weight excluding hydrogens is 266 g/mol. The fraction of sp³-hybridized carbons (Fsp3) is 0.0588. The van der Waals surface area contributed by atoms with Crippen LogP contribution >= 0.6 is 0 Å². The fourth-order valence-corrected chi connectivity index (χ4v) is 2.19. The average molecular weight is 279 g/mol. The Balaban J connectivity index is 2.05. The van der Waals surface area contributed by atoms with Gasteiger partial charge in [-0.3, -0.25) is 4.79 Å². The third-order valence-corrected chi connectivity index (χ3v) is 3.09. The maximum absolute atomic E-state index is 11.0. The van der Waals surface area contributed by atoms with Gasteiger partial charge in [0.15, 0.2) is 0 Å². The van der Waals surface area contributed by atoms with Crippen LogP contribution in [-0.4, -0.2) is 16.1 Å². The summed E-state index contributed by atoms with van der Waals surface area (Å²) >= 11 is 0. The zero-order valence-electron chi connectivity index (χ0n) is 11.2. The van der Waals surface area contributed by atoms with Crippen LogP contribution in [0.4, 0.5) is 0 Å². The van der Waals surface area contributed by atoms with Crippen LogP contribution < -0.4 is 4.74 Å². The number of benzene rings is 2. The van der Waals surface area contributed by atoms with Crippen molar-refractivity contribution in [3.63, 3.8) is 0 Å². The van der Waals surface area contributed by atoms with E-state index in [1.807, 2.05) is 54.6 Å². The third kappa shape index (κ3) is 3.00. The van der Waals surface area contributed by atoms with Crippen LogP contribution in [0.5, 0.6) is 11.6 Å². The first kappa shape index (κ1) is 13.1. The molecule has 0 aliphatic carbocycles. The van der Waals surface area contributed by atoms with Gasteiger partial charge in [0.2, 0.25) is 5.88 Å². The fourth-order valence-electron chi connectivity index (χ4n) is 2.19. The maximum atomic E-state index is 11.0. The Morgan fingerprint density at radius 1 is 1.05 bits per heavy atom. The normalized spacial score (nSPS) is 10.5. The second-order valence-corrected chi connectivity index (χ2v) is 4.62. The monoisotopic (exact) mass is 279 g/mol. The van der Waals surface area contributed by atoms with E-state index in [2.05, 4.69) is 4.98 Å². The molecule has 0 atom stereocenters. The summed E-state index contributed by atoms with van der Waals surface area (Å²) in [7, 11) is 0. The van der Waals surface area contributed by atoms with Gasteiger partial charge in [0, 0.05) is 11.5 Å². The number of pyridine rings is 1. The smallest absolute Gasteiger partial charge is 0.307 e. The van der Waals surface area contributed by atoms with Gasteiger partial charge >= 0.3 is 5.97 Å². The van der Waals surface area contributed by atoms with Gasteiger partial charge in [-0.25, -0.2) is 4.98 Å². The zero-order valence-corrected chi connectivity index (χ0v) is 11.2. The van der Waals surface area contributed by atoms with Gasteiger partial charge in [0.05, 0.1) is 11.9 Å². The van der Waals surface area contributed by atoms with Crippen molar-refractivity contribution in [2.45, 2.75) is 6.42 Å². The van der Waals surface area contributed by atoms with Crippen molar-refractivity contribution >= 4 is 16.9 Å². The van der Waals surface area contributed by atoms with Crippen molar-refractivity contribution in [2.75, 3.05) is 0 Å². The number of carbonyl (C=O) groups is 1. The highest BCUT2D eigenvalue weighted by molar-refractivity contribution is 5.86. The quantitative estimate of drug-likeness (QED) is 0.791. The molecule has 0 spiro atoms. The number of nitrogens with zero attached hydrogens (tertiary/aromatic N) is 1. The minimum atomic E-state index is -0.878. The van der Waals surface area contributed by atoms with Crippen LogP contribution in [0.25, 0.3) is 10.9 Å². The molecule has 1 aromatic heterocycles. The van der Waals surface area contributed by atoms with E-state index in [0.717, 1.165) is 10.9 Å². The predicted molar refractivity (Wildman–Crippen MR) is 79.6 cm³/mol. The van der Waals surface area contributed by atoms with Gasteiger partial charge in [0.1, 0.15) is 5.75 Å². The molecule has 0 fully saturated rings. The van der Waals surface area contributed by atoms with E-state index in [1.165, 1.54) is 0 Å². The molecule has 0 saturated heterocycles. The second kappa shape index (κ2) is 5.63. The summed E-state index contributed by atoms with van der Waals surface area (Å²) in [5.74, 6) is 0.190. The van der Waals surface area contributed by atoms with Crippen LogP contribution in [0.3, 0.4) is 0 Å². The number of ether oxygens (including phenoxy) is 1. The standard InChI is InChI=1S/C17H13NO3/c19-17(20)11-12-10-16(21-13-6-2-1-3-7-13)18-15-9-5-4-8-14(12)15/h1-10H,11H2,(H,19,20). The number of para-hydroxylation sites is 2. The van der Waals surface area contributed by atoms with E-state index in [9.17, 15) is 4.79 Å². The van der Waals surface area contributed by atoms with Crippen molar-refractivity contribution in [3.8, 4) is 11.6 Å². The Bertz CT molecular complexity index is 784. The Morgan fingerprint density at radius 2 is 1.76 bits per heavy atom. The minimum Gasteiger partial charge on any atom is -0.481 e.